The van der Waals surface area contributed by atoms with Crippen LogP contribution in [0.1, 0.15) is 50.0 Å². The van der Waals surface area contributed by atoms with E-state index in [1.54, 1.807) is 0 Å². The van der Waals surface area contributed by atoms with Crippen LogP contribution in [0.2, 0.25) is 0 Å². The topological polar surface area (TPSA) is 38.3 Å². The molecule has 1 aromatic carbocycles. The van der Waals surface area contributed by atoms with Crippen LogP contribution < -0.4 is 5.32 Å². The fourth-order valence-corrected chi connectivity index (χ4v) is 3.50. The van der Waals surface area contributed by atoms with Crippen molar-refractivity contribution >= 4 is 5.78 Å². The molecule has 1 aliphatic heterocycles. The van der Waals surface area contributed by atoms with Crippen molar-refractivity contribution in [2.24, 2.45) is 0 Å². The maximum absolute atomic E-state index is 11.8. The lowest BCUT2D eigenvalue weighted by Crippen LogP contribution is -2.45. The largest absolute Gasteiger partial charge is 0.376 e. The lowest BCUT2D eigenvalue weighted by molar-refractivity contribution is -0.124. The average molecular weight is 287 g/mol. The molecule has 1 aromatic rings. The second-order valence-corrected chi connectivity index (χ2v) is 6.29. The average Bonchev–Trinajstić information content (AvgIpc) is 2.55. The number of hydrogen-bond acceptors (Lipinski definition) is 3. The highest BCUT2D eigenvalue weighted by Gasteiger charge is 2.26. The zero-order valence-electron chi connectivity index (χ0n) is 12.6. The van der Waals surface area contributed by atoms with Gasteiger partial charge in [-0.3, -0.25) is 4.79 Å². The van der Waals surface area contributed by atoms with Gasteiger partial charge in [-0.25, -0.2) is 0 Å². The van der Waals surface area contributed by atoms with Gasteiger partial charge in [0.05, 0.1) is 18.8 Å². The van der Waals surface area contributed by atoms with Crippen molar-refractivity contribution in [2.75, 3.05) is 13.2 Å². The molecule has 0 spiro atoms. The molecule has 3 heteroatoms. The third-order valence-electron chi connectivity index (χ3n) is 4.82. The maximum Gasteiger partial charge on any atom is 0.152 e. The molecule has 1 heterocycles. The van der Waals surface area contributed by atoms with E-state index in [1.165, 1.54) is 18.4 Å². The minimum atomic E-state index is -0.0643. The van der Waals surface area contributed by atoms with Crippen molar-refractivity contribution < 1.29 is 9.53 Å². The molecule has 2 fully saturated rings. The summed E-state index contributed by atoms with van der Waals surface area (Å²) in [7, 11) is 0. The number of rotatable bonds is 4. The van der Waals surface area contributed by atoms with Crippen LogP contribution in [0, 0.1) is 0 Å². The Kier molecular flexibility index (Phi) is 5.04. The minimum Gasteiger partial charge on any atom is -0.376 e. The Morgan fingerprint density at radius 3 is 2.57 bits per heavy atom. The van der Waals surface area contributed by atoms with Crippen LogP contribution >= 0.6 is 0 Å². The molecule has 0 amide bonds. The Morgan fingerprint density at radius 2 is 1.86 bits per heavy atom. The van der Waals surface area contributed by atoms with Crippen molar-refractivity contribution in [1.82, 2.24) is 5.32 Å². The summed E-state index contributed by atoms with van der Waals surface area (Å²) in [6.07, 6.45) is 6.63. The van der Waals surface area contributed by atoms with Crippen LogP contribution in [-0.4, -0.2) is 31.1 Å². The molecular weight excluding hydrogens is 262 g/mol. The van der Waals surface area contributed by atoms with Crippen LogP contribution in [0.25, 0.3) is 0 Å². The van der Waals surface area contributed by atoms with E-state index < -0.39 is 0 Å². The molecule has 114 valence electrons. The molecule has 1 N–H and O–H groups in total. The second-order valence-electron chi connectivity index (χ2n) is 6.29. The Labute approximate surface area is 127 Å². The van der Waals surface area contributed by atoms with Crippen molar-refractivity contribution in [3.63, 3.8) is 0 Å². The maximum atomic E-state index is 11.8. The van der Waals surface area contributed by atoms with Gasteiger partial charge in [-0.2, -0.15) is 0 Å². The smallest absolute Gasteiger partial charge is 0.152 e. The SMILES string of the molecule is O=C1CCCNC1COC1CCC(c2ccccc2)CC1. The highest BCUT2D eigenvalue weighted by atomic mass is 16.5. The summed E-state index contributed by atoms with van der Waals surface area (Å²) in [5.41, 5.74) is 1.46. The molecule has 1 aliphatic carbocycles. The zero-order chi connectivity index (χ0) is 14.5. The number of benzene rings is 1. The fourth-order valence-electron chi connectivity index (χ4n) is 3.50. The van der Waals surface area contributed by atoms with Crippen molar-refractivity contribution in [1.29, 1.82) is 0 Å². The van der Waals surface area contributed by atoms with Gasteiger partial charge in [-0.05, 0) is 50.1 Å². The van der Waals surface area contributed by atoms with Crippen LogP contribution in [-0.2, 0) is 9.53 Å². The van der Waals surface area contributed by atoms with Gasteiger partial charge < -0.3 is 10.1 Å². The molecule has 1 atom stereocenters. The van der Waals surface area contributed by atoms with E-state index in [9.17, 15) is 4.79 Å². The first-order chi connectivity index (χ1) is 10.3. The zero-order valence-corrected chi connectivity index (χ0v) is 12.6. The number of Topliss-reactive ketones (excluding diaryl/α,β-unsaturated/α-hetero) is 1. The van der Waals surface area contributed by atoms with Crippen LogP contribution in [0.4, 0.5) is 0 Å². The van der Waals surface area contributed by atoms with Gasteiger partial charge in [-0.15, -0.1) is 0 Å². The molecule has 0 radical (unpaired) electrons. The van der Waals surface area contributed by atoms with Gasteiger partial charge in [0, 0.05) is 6.42 Å². The standard InChI is InChI=1S/C18H25NO2/c20-18-7-4-12-19-17(18)13-21-16-10-8-15(9-11-16)14-5-2-1-3-6-14/h1-3,5-6,15-17,19H,4,7-13H2. The van der Waals surface area contributed by atoms with Gasteiger partial charge in [0.1, 0.15) is 0 Å². The van der Waals surface area contributed by atoms with Crippen molar-refractivity contribution in [3.05, 3.63) is 35.9 Å². The number of carbonyl (C=O) groups excluding carboxylic acids is 1. The monoisotopic (exact) mass is 287 g/mol. The molecule has 0 aromatic heterocycles. The number of hydrogen-bond donors (Lipinski definition) is 1. The first kappa shape index (κ1) is 14.7. The van der Waals surface area contributed by atoms with Crippen LogP contribution in [0.3, 0.4) is 0 Å². The summed E-state index contributed by atoms with van der Waals surface area (Å²) in [5, 5.41) is 3.27. The summed E-state index contributed by atoms with van der Waals surface area (Å²) in [4.78, 5) is 11.8. The lowest BCUT2D eigenvalue weighted by atomic mass is 9.83. The molecule has 2 aliphatic rings. The molecular formula is C18H25NO2. The summed E-state index contributed by atoms with van der Waals surface area (Å²) in [6, 6.07) is 10.7. The predicted octanol–water partition coefficient (Wildman–Crippen LogP) is 3.05. The molecule has 3 rings (SSSR count). The van der Waals surface area contributed by atoms with Gasteiger partial charge >= 0.3 is 0 Å². The van der Waals surface area contributed by atoms with E-state index in [0.717, 1.165) is 25.8 Å². The third-order valence-corrected chi connectivity index (χ3v) is 4.82. The van der Waals surface area contributed by atoms with Gasteiger partial charge in [0.15, 0.2) is 5.78 Å². The molecule has 3 nitrogen and oxygen atoms in total. The summed E-state index contributed by atoms with van der Waals surface area (Å²) >= 11 is 0. The highest BCUT2D eigenvalue weighted by Crippen LogP contribution is 2.33. The Morgan fingerprint density at radius 1 is 1.10 bits per heavy atom. The Balaban J connectivity index is 1.42. The quantitative estimate of drug-likeness (QED) is 0.925. The normalized spacial score (nSPS) is 30.3. The molecule has 1 unspecified atom stereocenters. The first-order valence-electron chi connectivity index (χ1n) is 8.25. The van der Waals surface area contributed by atoms with Crippen molar-refractivity contribution in [3.8, 4) is 0 Å². The Hall–Kier alpha value is -1.19. The molecule has 0 bridgehead atoms. The van der Waals surface area contributed by atoms with E-state index >= 15 is 0 Å². The first-order valence-corrected chi connectivity index (χ1v) is 8.25. The van der Waals surface area contributed by atoms with Crippen LogP contribution in [0.5, 0.6) is 0 Å². The number of ketones is 1. The fraction of sp³-hybridized carbons (Fsp3) is 0.611. The highest BCUT2D eigenvalue weighted by molar-refractivity contribution is 5.84. The Bertz CT molecular complexity index is 452. The van der Waals surface area contributed by atoms with Crippen molar-refractivity contribution in [2.45, 2.75) is 56.6 Å². The lowest BCUT2D eigenvalue weighted by Gasteiger charge is -2.30. The molecule has 1 saturated carbocycles. The van der Waals surface area contributed by atoms with Gasteiger partial charge in [0.25, 0.3) is 0 Å². The van der Waals surface area contributed by atoms with E-state index in [2.05, 4.69) is 35.6 Å². The summed E-state index contributed by atoms with van der Waals surface area (Å²) in [6.45, 7) is 1.50. The van der Waals surface area contributed by atoms with E-state index in [1.807, 2.05) is 0 Å². The van der Waals surface area contributed by atoms with E-state index in [0.29, 0.717) is 30.8 Å². The van der Waals surface area contributed by atoms with Gasteiger partial charge in [-0.1, -0.05) is 30.3 Å². The van der Waals surface area contributed by atoms with E-state index in [4.69, 9.17) is 4.74 Å². The molecule has 1 saturated heterocycles. The van der Waals surface area contributed by atoms with E-state index in [-0.39, 0.29) is 6.04 Å². The number of ether oxygens (including phenoxy) is 1. The number of piperidine rings is 1. The van der Waals surface area contributed by atoms with Gasteiger partial charge in [0.2, 0.25) is 0 Å². The summed E-state index contributed by atoms with van der Waals surface area (Å²) in [5.74, 6) is 1.000. The molecule has 21 heavy (non-hydrogen) atoms. The third kappa shape index (κ3) is 3.92. The number of nitrogens with one attached hydrogen (secondary N) is 1. The second kappa shape index (κ2) is 7.19. The number of carbonyl (C=O) groups is 1. The van der Waals surface area contributed by atoms with Crippen LogP contribution in [0.15, 0.2) is 30.3 Å². The minimum absolute atomic E-state index is 0.0643. The summed E-state index contributed by atoms with van der Waals surface area (Å²) < 4.78 is 5.99. The predicted molar refractivity (Wildman–Crippen MR) is 83.4 cm³/mol.